The number of rotatable bonds is 3. The zero-order valence-corrected chi connectivity index (χ0v) is 11.8. The van der Waals surface area contributed by atoms with Crippen LogP contribution in [0.15, 0.2) is 0 Å². The molecule has 4 heteroatoms. The van der Waals surface area contributed by atoms with Gasteiger partial charge in [-0.15, -0.1) is 0 Å². The monoisotopic (exact) mass is 291 g/mol. The zero-order valence-electron chi connectivity index (χ0n) is 10.2. The highest BCUT2D eigenvalue weighted by atomic mass is 79.9. The maximum absolute atomic E-state index is 5.87. The molecule has 0 spiro atoms. The molecule has 2 rings (SSSR count). The van der Waals surface area contributed by atoms with Crippen molar-refractivity contribution in [3.63, 3.8) is 0 Å². The van der Waals surface area contributed by atoms with Crippen molar-refractivity contribution in [3.8, 4) is 0 Å². The highest BCUT2D eigenvalue weighted by Gasteiger charge is 2.29. The molecule has 2 aliphatic heterocycles. The average molecular weight is 292 g/mol. The minimum Gasteiger partial charge on any atom is -0.374 e. The normalized spacial score (nSPS) is 41.4. The van der Waals surface area contributed by atoms with E-state index >= 15 is 0 Å². The summed E-state index contributed by atoms with van der Waals surface area (Å²) in [7, 11) is 0. The third-order valence-corrected chi connectivity index (χ3v) is 4.08. The van der Waals surface area contributed by atoms with Crippen LogP contribution in [0.3, 0.4) is 0 Å². The van der Waals surface area contributed by atoms with Crippen LogP contribution in [-0.4, -0.2) is 54.3 Å². The molecule has 94 valence electrons. The summed E-state index contributed by atoms with van der Waals surface area (Å²) in [4.78, 5) is 2.49. The summed E-state index contributed by atoms with van der Waals surface area (Å²) < 4.78 is 11.7. The van der Waals surface area contributed by atoms with Crippen LogP contribution in [0.5, 0.6) is 0 Å². The first-order valence-electron chi connectivity index (χ1n) is 6.26. The summed E-state index contributed by atoms with van der Waals surface area (Å²) in [6, 6.07) is 0. The molecule has 0 aromatic rings. The fourth-order valence-electron chi connectivity index (χ4n) is 2.68. The van der Waals surface area contributed by atoms with Crippen LogP contribution in [0.2, 0.25) is 0 Å². The molecule has 0 N–H and O–H groups in total. The molecule has 2 heterocycles. The lowest BCUT2D eigenvalue weighted by molar-refractivity contribution is -0.0782. The van der Waals surface area contributed by atoms with E-state index in [1.165, 1.54) is 12.8 Å². The van der Waals surface area contributed by atoms with E-state index in [1.54, 1.807) is 0 Å². The predicted octanol–water partition coefficient (Wildman–Crippen LogP) is 2.04. The van der Waals surface area contributed by atoms with Crippen LogP contribution in [0.1, 0.15) is 26.7 Å². The van der Waals surface area contributed by atoms with Gasteiger partial charge in [0.15, 0.2) is 0 Å². The molecule has 0 amide bonds. The SMILES string of the molecule is CC1CN(CC2CCC(C)O2)CC(CBr)O1. The second-order valence-corrected chi connectivity index (χ2v) is 5.74. The van der Waals surface area contributed by atoms with Gasteiger partial charge in [-0.1, -0.05) is 15.9 Å². The van der Waals surface area contributed by atoms with Gasteiger partial charge in [0.1, 0.15) is 0 Å². The molecule has 0 aromatic heterocycles. The number of morpholine rings is 1. The van der Waals surface area contributed by atoms with E-state index in [0.29, 0.717) is 24.4 Å². The van der Waals surface area contributed by atoms with Crippen LogP contribution in [0.4, 0.5) is 0 Å². The first-order chi connectivity index (χ1) is 7.67. The number of ether oxygens (including phenoxy) is 2. The second-order valence-electron chi connectivity index (χ2n) is 5.09. The Morgan fingerprint density at radius 3 is 2.44 bits per heavy atom. The van der Waals surface area contributed by atoms with Gasteiger partial charge in [0.2, 0.25) is 0 Å². The summed E-state index contributed by atoms with van der Waals surface area (Å²) in [5.41, 5.74) is 0. The lowest BCUT2D eigenvalue weighted by Crippen LogP contribution is -2.49. The van der Waals surface area contributed by atoms with Gasteiger partial charge in [0.05, 0.1) is 24.4 Å². The van der Waals surface area contributed by atoms with Crippen molar-refractivity contribution >= 4 is 15.9 Å². The third kappa shape index (κ3) is 3.42. The molecule has 0 bridgehead atoms. The second kappa shape index (κ2) is 5.80. The summed E-state index contributed by atoms with van der Waals surface area (Å²) >= 11 is 3.51. The van der Waals surface area contributed by atoms with Gasteiger partial charge in [0.25, 0.3) is 0 Å². The van der Waals surface area contributed by atoms with Crippen molar-refractivity contribution in [3.05, 3.63) is 0 Å². The Hall–Kier alpha value is 0.360. The van der Waals surface area contributed by atoms with Crippen molar-refractivity contribution in [1.82, 2.24) is 4.90 Å². The number of halogens is 1. The van der Waals surface area contributed by atoms with E-state index in [9.17, 15) is 0 Å². The molecule has 0 aliphatic carbocycles. The molecule has 4 unspecified atom stereocenters. The fraction of sp³-hybridized carbons (Fsp3) is 1.00. The topological polar surface area (TPSA) is 21.7 Å². The summed E-state index contributed by atoms with van der Waals surface area (Å²) in [6.45, 7) is 7.46. The quantitative estimate of drug-likeness (QED) is 0.743. The number of hydrogen-bond donors (Lipinski definition) is 0. The van der Waals surface area contributed by atoms with Crippen LogP contribution in [-0.2, 0) is 9.47 Å². The van der Waals surface area contributed by atoms with Crippen LogP contribution in [0.25, 0.3) is 0 Å². The molecule has 0 radical (unpaired) electrons. The standard InChI is InChI=1S/C12H22BrNO2/c1-9-3-4-11(15-9)7-14-6-10(2)16-12(5-13)8-14/h9-12H,3-8H2,1-2H3. The van der Waals surface area contributed by atoms with Gasteiger partial charge in [-0.05, 0) is 26.7 Å². The molecular weight excluding hydrogens is 270 g/mol. The van der Waals surface area contributed by atoms with Crippen LogP contribution in [0, 0.1) is 0 Å². The van der Waals surface area contributed by atoms with Gasteiger partial charge < -0.3 is 9.47 Å². The Morgan fingerprint density at radius 2 is 1.81 bits per heavy atom. The number of hydrogen-bond acceptors (Lipinski definition) is 3. The summed E-state index contributed by atoms with van der Waals surface area (Å²) in [5.74, 6) is 0. The number of alkyl halides is 1. The zero-order chi connectivity index (χ0) is 11.5. The Labute approximate surface area is 107 Å². The average Bonchev–Trinajstić information content (AvgIpc) is 2.63. The lowest BCUT2D eigenvalue weighted by Gasteiger charge is -2.37. The van der Waals surface area contributed by atoms with Gasteiger partial charge in [-0.25, -0.2) is 0 Å². The predicted molar refractivity (Wildman–Crippen MR) is 68.1 cm³/mol. The molecule has 3 nitrogen and oxygen atoms in total. The number of nitrogens with zero attached hydrogens (tertiary/aromatic N) is 1. The van der Waals surface area contributed by atoms with E-state index in [0.717, 1.165) is 25.0 Å². The Balaban J connectivity index is 1.80. The molecule has 2 saturated heterocycles. The van der Waals surface area contributed by atoms with Gasteiger partial charge >= 0.3 is 0 Å². The Morgan fingerprint density at radius 1 is 1.06 bits per heavy atom. The van der Waals surface area contributed by atoms with E-state index in [2.05, 4.69) is 34.7 Å². The first kappa shape index (κ1) is 12.8. The van der Waals surface area contributed by atoms with Crippen LogP contribution >= 0.6 is 15.9 Å². The first-order valence-corrected chi connectivity index (χ1v) is 7.38. The summed E-state index contributed by atoms with van der Waals surface area (Å²) in [6.07, 6.45) is 4.00. The maximum Gasteiger partial charge on any atom is 0.0802 e. The molecule has 16 heavy (non-hydrogen) atoms. The van der Waals surface area contributed by atoms with Crippen molar-refractivity contribution in [2.24, 2.45) is 0 Å². The van der Waals surface area contributed by atoms with Crippen LogP contribution < -0.4 is 0 Å². The minimum absolute atomic E-state index is 0.336. The molecule has 2 aliphatic rings. The van der Waals surface area contributed by atoms with E-state index in [-0.39, 0.29) is 0 Å². The van der Waals surface area contributed by atoms with Crippen molar-refractivity contribution in [2.75, 3.05) is 25.0 Å². The summed E-state index contributed by atoms with van der Waals surface area (Å²) in [5, 5.41) is 0.926. The van der Waals surface area contributed by atoms with Gasteiger partial charge in [-0.2, -0.15) is 0 Å². The maximum atomic E-state index is 5.87. The van der Waals surface area contributed by atoms with E-state index in [1.807, 2.05) is 0 Å². The molecule has 0 aromatic carbocycles. The highest BCUT2D eigenvalue weighted by molar-refractivity contribution is 9.09. The van der Waals surface area contributed by atoms with E-state index in [4.69, 9.17) is 9.47 Å². The Bertz CT molecular complexity index is 227. The van der Waals surface area contributed by atoms with Crippen molar-refractivity contribution in [2.45, 2.75) is 51.1 Å². The van der Waals surface area contributed by atoms with Crippen molar-refractivity contribution in [1.29, 1.82) is 0 Å². The van der Waals surface area contributed by atoms with E-state index < -0.39 is 0 Å². The minimum atomic E-state index is 0.336. The largest absolute Gasteiger partial charge is 0.374 e. The Kier molecular flexibility index (Phi) is 4.65. The van der Waals surface area contributed by atoms with Crippen molar-refractivity contribution < 1.29 is 9.47 Å². The molecule has 0 saturated carbocycles. The lowest BCUT2D eigenvalue weighted by atomic mass is 10.1. The highest BCUT2D eigenvalue weighted by Crippen LogP contribution is 2.21. The molecule has 4 atom stereocenters. The van der Waals surface area contributed by atoms with Gasteiger partial charge in [0, 0.05) is 25.0 Å². The smallest absolute Gasteiger partial charge is 0.0802 e. The third-order valence-electron chi connectivity index (χ3n) is 3.36. The molecule has 2 fully saturated rings. The molecular formula is C12H22BrNO2. The van der Waals surface area contributed by atoms with Gasteiger partial charge in [-0.3, -0.25) is 4.90 Å². The fourth-order valence-corrected chi connectivity index (χ4v) is 3.04.